The topological polar surface area (TPSA) is 49.3 Å². The summed E-state index contributed by atoms with van der Waals surface area (Å²) in [4.78, 5) is 13.0. The number of hydrogen-bond donors (Lipinski definition) is 2. The highest BCUT2D eigenvalue weighted by Crippen LogP contribution is 2.20. The number of thiophene rings is 1. The van der Waals surface area contributed by atoms with Gasteiger partial charge in [0.25, 0.3) is 5.91 Å². The van der Waals surface area contributed by atoms with Gasteiger partial charge in [-0.3, -0.25) is 4.79 Å². The fraction of sp³-hybridized carbons (Fsp3) is 0.267. The number of carbonyl (C=O) groups excluding carboxylic acids is 1. The number of benzene rings is 1. The quantitative estimate of drug-likeness (QED) is 0.805. The van der Waals surface area contributed by atoms with Crippen LogP contribution in [0, 0.1) is 0 Å². The minimum atomic E-state index is -0.516. The van der Waals surface area contributed by atoms with Gasteiger partial charge in [0, 0.05) is 11.4 Å². The fourth-order valence-electron chi connectivity index (χ4n) is 1.88. The van der Waals surface area contributed by atoms with E-state index >= 15 is 0 Å². The first-order chi connectivity index (χ1) is 9.72. The Labute approximate surface area is 127 Å². The van der Waals surface area contributed by atoms with Crippen LogP contribution in [0.1, 0.15) is 28.4 Å². The number of nitrogens with one attached hydrogen (secondary N) is 1. The van der Waals surface area contributed by atoms with Crippen molar-refractivity contribution >= 4 is 29.0 Å². The summed E-state index contributed by atoms with van der Waals surface area (Å²) in [5, 5.41) is 16.7. The molecule has 2 rings (SSSR count). The molecule has 3 nitrogen and oxygen atoms in total. The van der Waals surface area contributed by atoms with E-state index < -0.39 is 6.10 Å². The molecule has 1 atom stereocenters. The van der Waals surface area contributed by atoms with Crippen LogP contribution in [0.5, 0.6) is 0 Å². The first kappa shape index (κ1) is 15.1. The van der Waals surface area contributed by atoms with Gasteiger partial charge in [-0.25, -0.2) is 0 Å². The first-order valence-corrected chi connectivity index (χ1v) is 8.50. The molecular weight excluding hydrogens is 290 g/mol. The second-order valence-electron chi connectivity index (χ2n) is 4.32. The van der Waals surface area contributed by atoms with E-state index in [0.717, 1.165) is 10.5 Å². The average molecular weight is 307 g/mol. The van der Waals surface area contributed by atoms with Crippen molar-refractivity contribution in [3.8, 4) is 0 Å². The summed E-state index contributed by atoms with van der Waals surface area (Å²) >= 11 is 3.11. The van der Waals surface area contributed by atoms with E-state index in [9.17, 15) is 9.90 Å². The van der Waals surface area contributed by atoms with Crippen LogP contribution in [-0.4, -0.2) is 23.8 Å². The van der Waals surface area contributed by atoms with Crippen molar-refractivity contribution < 1.29 is 9.90 Å². The summed E-state index contributed by atoms with van der Waals surface area (Å²) in [6.45, 7) is 0.457. The maximum atomic E-state index is 12.1. The lowest BCUT2D eigenvalue weighted by atomic mass is 10.1. The summed E-state index contributed by atoms with van der Waals surface area (Å²) in [6, 6.07) is 9.42. The molecule has 0 aliphatic rings. The lowest BCUT2D eigenvalue weighted by Gasteiger charge is -2.11. The van der Waals surface area contributed by atoms with E-state index in [1.807, 2.05) is 47.3 Å². The van der Waals surface area contributed by atoms with E-state index in [-0.39, 0.29) is 5.91 Å². The van der Waals surface area contributed by atoms with Gasteiger partial charge in [0.1, 0.15) is 0 Å². The van der Waals surface area contributed by atoms with Gasteiger partial charge >= 0.3 is 0 Å². The number of carbonyl (C=O) groups is 1. The van der Waals surface area contributed by atoms with Crippen molar-refractivity contribution in [3.05, 3.63) is 52.2 Å². The lowest BCUT2D eigenvalue weighted by Crippen LogP contribution is -2.26. The standard InChI is InChI=1S/C15H17NO2S2/c1-19-14-5-3-2-4-12(14)15(18)16-8-6-13(17)11-7-9-20-10-11/h2-5,7,9-10,13,17H,6,8H2,1H3,(H,16,18)/t13-/m1/s1. The van der Waals surface area contributed by atoms with Crippen LogP contribution >= 0.6 is 23.1 Å². The molecule has 20 heavy (non-hydrogen) atoms. The van der Waals surface area contributed by atoms with Crippen molar-refractivity contribution in [2.24, 2.45) is 0 Å². The minimum Gasteiger partial charge on any atom is -0.388 e. The molecule has 1 amide bonds. The Morgan fingerprint density at radius 2 is 2.20 bits per heavy atom. The summed E-state index contributed by atoms with van der Waals surface area (Å²) in [5.41, 5.74) is 1.60. The Bertz CT molecular complexity index is 555. The number of thioether (sulfide) groups is 1. The van der Waals surface area contributed by atoms with Gasteiger partial charge in [-0.2, -0.15) is 11.3 Å². The van der Waals surface area contributed by atoms with Crippen molar-refractivity contribution in [1.82, 2.24) is 5.32 Å². The molecule has 2 aromatic rings. The summed E-state index contributed by atoms with van der Waals surface area (Å²) in [6.07, 6.45) is 1.95. The zero-order chi connectivity index (χ0) is 14.4. The van der Waals surface area contributed by atoms with Gasteiger partial charge in [-0.1, -0.05) is 12.1 Å². The van der Waals surface area contributed by atoms with Crippen LogP contribution in [0.3, 0.4) is 0 Å². The van der Waals surface area contributed by atoms with Crippen LogP contribution in [0.15, 0.2) is 46.0 Å². The monoisotopic (exact) mass is 307 g/mol. The van der Waals surface area contributed by atoms with Gasteiger partial charge in [-0.05, 0) is 47.2 Å². The highest BCUT2D eigenvalue weighted by atomic mass is 32.2. The van der Waals surface area contributed by atoms with Crippen LogP contribution in [-0.2, 0) is 0 Å². The maximum absolute atomic E-state index is 12.1. The Hall–Kier alpha value is -1.30. The molecule has 1 heterocycles. The zero-order valence-corrected chi connectivity index (χ0v) is 12.8. The van der Waals surface area contributed by atoms with Crippen LogP contribution in [0.4, 0.5) is 0 Å². The molecule has 106 valence electrons. The third-order valence-corrected chi connectivity index (χ3v) is 4.48. The predicted molar refractivity (Wildman–Crippen MR) is 84.5 cm³/mol. The lowest BCUT2D eigenvalue weighted by molar-refractivity contribution is 0.0940. The van der Waals surface area contributed by atoms with E-state index in [1.165, 1.54) is 0 Å². The summed E-state index contributed by atoms with van der Waals surface area (Å²) in [5.74, 6) is -0.0903. The molecule has 0 aliphatic heterocycles. The van der Waals surface area contributed by atoms with E-state index in [2.05, 4.69) is 5.32 Å². The first-order valence-electron chi connectivity index (χ1n) is 6.33. The summed E-state index contributed by atoms with van der Waals surface area (Å²) in [7, 11) is 0. The number of hydrogen-bond acceptors (Lipinski definition) is 4. The minimum absolute atomic E-state index is 0.0903. The molecule has 5 heteroatoms. The molecule has 0 aliphatic carbocycles. The highest BCUT2D eigenvalue weighted by molar-refractivity contribution is 7.98. The molecule has 0 saturated heterocycles. The average Bonchev–Trinajstić information content (AvgIpc) is 3.01. The van der Waals surface area contributed by atoms with Crippen molar-refractivity contribution in [2.45, 2.75) is 17.4 Å². The number of aliphatic hydroxyl groups excluding tert-OH is 1. The number of rotatable bonds is 6. The van der Waals surface area contributed by atoms with E-state index in [1.54, 1.807) is 23.1 Å². The Balaban J connectivity index is 1.86. The van der Waals surface area contributed by atoms with Crippen LogP contribution in [0.2, 0.25) is 0 Å². The third-order valence-electron chi connectivity index (χ3n) is 2.98. The SMILES string of the molecule is CSc1ccccc1C(=O)NCC[C@@H](O)c1ccsc1. The van der Waals surface area contributed by atoms with Gasteiger partial charge in [-0.15, -0.1) is 11.8 Å². The summed E-state index contributed by atoms with van der Waals surface area (Å²) < 4.78 is 0. The Morgan fingerprint density at radius 3 is 2.90 bits per heavy atom. The number of aliphatic hydroxyl groups is 1. The fourth-order valence-corrected chi connectivity index (χ4v) is 3.18. The second-order valence-corrected chi connectivity index (χ2v) is 5.95. The van der Waals surface area contributed by atoms with Crippen molar-refractivity contribution in [3.63, 3.8) is 0 Å². The normalized spacial score (nSPS) is 12.1. The Morgan fingerprint density at radius 1 is 1.40 bits per heavy atom. The maximum Gasteiger partial charge on any atom is 0.252 e. The van der Waals surface area contributed by atoms with Gasteiger partial charge in [0.2, 0.25) is 0 Å². The van der Waals surface area contributed by atoms with E-state index in [0.29, 0.717) is 18.5 Å². The highest BCUT2D eigenvalue weighted by Gasteiger charge is 2.11. The molecule has 2 N–H and O–H groups in total. The molecule has 1 aromatic heterocycles. The smallest absolute Gasteiger partial charge is 0.252 e. The van der Waals surface area contributed by atoms with Gasteiger partial charge in [0.15, 0.2) is 0 Å². The van der Waals surface area contributed by atoms with Crippen LogP contribution in [0.25, 0.3) is 0 Å². The Kier molecular flexibility index (Phi) is 5.64. The molecular formula is C15H17NO2S2. The van der Waals surface area contributed by atoms with E-state index in [4.69, 9.17) is 0 Å². The third kappa shape index (κ3) is 3.85. The van der Waals surface area contributed by atoms with Gasteiger partial charge in [0.05, 0.1) is 11.7 Å². The number of amides is 1. The molecule has 1 aromatic carbocycles. The van der Waals surface area contributed by atoms with Crippen molar-refractivity contribution in [2.75, 3.05) is 12.8 Å². The molecule has 0 spiro atoms. The zero-order valence-electron chi connectivity index (χ0n) is 11.2. The molecule has 0 saturated carbocycles. The molecule has 0 fully saturated rings. The van der Waals surface area contributed by atoms with Gasteiger partial charge < -0.3 is 10.4 Å². The second kappa shape index (κ2) is 7.47. The van der Waals surface area contributed by atoms with Crippen molar-refractivity contribution in [1.29, 1.82) is 0 Å². The predicted octanol–water partition coefficient (Wildman–Crippen LogP) is 3.32. The largest absolute Gasteiger partial charge is 0.388 e. The molecule has 0 unspecified atom stereocenters. The molecule has 0 bridgehead atoms. The molecule has 0 radical (unpaired) electrons. The van der Waals surface area contributed by atoms with Crippen LogP contribution < -0.4 is 5.32 Å².